The van der Waals surface area contributed by atoms with Crippen molar-refractivity contribution in [1.82, 2.24) is 10.8 Å². The van der Waals surface area contributed by atoms with Crippen LogP contribution in [0.15, 0.2) is 77.7 Å². The van der Waals surface area contributed by atoms with Crippen molar-refractivity contribution in [1.29, 1.82) is 0 Å². The summed E-state index contributed by atoms with van der Waals surface area (Å²) >= 11 is 1.66. The first kappa shape index (κ1) is 23.1. The zero-order chi connectivity index (χ0) is 22.9. The van der Waals surface area contributed by atoms with Crippen LogP contribution < -0.4 is 15.5 Å². The summed E-state index contributed by atoms with van der Waals surface area (Å²) in [5.41, 5.74) is 4.97. The first-order valence-corrected chi connectivity index (χ1v) is 11.1. The highest BCUT2D eigenvalue weighted by Gasteiger charge is 2.13. The van der Waals surface area contributed by atoms with Gasteiger partial charge in [-0.2, -0.15) is 0 Å². The van der Waals surface area contributed by atoms with Crippen LogP contribution in [0.2, 0.25) is 0 Å². The molecule has 6 nitrogen and oxygen atoms in total. The van der Waals surface area contributed by atoms with Gasteiger partial charge in [0.25, 0.3) is 11.8 Å². The number of ether oxygens (including phenoxy) is 1. The van der Waals surface area contributed by atoms with Crippen molar-refractivity contribution in [3.8, 4) is 5.75 Å². The zero-order valence-electron chi connectivity index (χ0n) is 17.8. The number of hydrogen-bond donors (Lipinski definition) is 3. The Hall–Kier alpha value is -3.55. The second kappa shape index (κ2) is 11.2. The van der Waals surface area contributed by atoms with Gasteiger partial charge < -0.3 is 10.1 Å². The Morgan fingerprint density at radius 3 is 2.12 bits per heavy atom. The minimum atomic E-state index is -0.585. The van der Waals surface area contributed by atoms with Gasteiger partial charge in [0.15, 0.2) is 0 Å². The van der Waals surface area contributed by atoms with Gasteiger partial charge in [0.1, 0.15) is 5.75 Å². The maximum atomic E-state index is 13.1. The number of carbonyl (C=O) groups is 2. The quantitative estimate of drug-likeness (QED) is 0.156. The fourth-order valence-electron chi connectivity index (χ4n) is 3.03. The molecule has 0 aliphatic heterocycles. The van der Waals surface area contributed by atoms with Gasteiger partial charge in [0.05, 0.1) is 7.11 Å². The lowest BCUT2D eigenvalue weighted by atomic mass is 10.0. The Morgan fingerprint density at radius 1 is 0.938 bits per heavy atom. The molecular formula is C25H24N2O4S. The van der Waals surface area contributed by atoms with Gasteiger partial charge in [0.2, 0.25) is 0 Å². The first-order valence-electron chi connectivity index (χ1n) is 9.86. The molecule has 0 saturated heterocycles. The van der Waals surface area contributed by atoms with Crippen molar-refractivity contribution in [3.63, 3.8) is 0 Å². The topological polar surface area (TPSA) is 87.7 Å². The second-order valence-electron chi connectivity index (χ2n) is 6.88. The number of benzene rings is 3. The van der Waals surface area contributed by atoms with E-state index in [9.17, 15) is 9.59 Å². The molecule has 0 radical (unpaired) electrons. The number of rotatable bonds is 8. The van der Waals surface area contributed by atoms with E-state index in [4.69, 9.17) is 9.94 Å². The molecule has 0 atom stereocenters. The van der Waals surface area contributed by atoms with E-state index in [-0.39, 0.29) is 5.91 Å². The van der Waals surface area contributed by atoms with Crippen LogP contribution in [0.25, 0.3) is 11.6 Å². The van der Waals surface area contributed by atoms with Crippen LogP contribution in [-0.2, 0) is 11.3 Å². The molecule has 0 spiro atoms. The molecule has 0 aliphatic carbocycles. The fourth-order valence-corrected chi connectivity index (χ4v) is 3.44. The Balaban J connectivity index is 1.82. The molecule has 7 heteroatoms. The minimum absolute atomic E-state index is 0.221. The zero-order valence-corrected chi connectivity index (χ0v) is 18.6. The van der Waals surface area contributed by atoms with Gasteiger partial charge in [-0.25, -0.2) is 5.48 Å². The summed E-state index contributed by atoms with van der Waals surface area (Å²) in [6.45, 7) is 0.290. The van der Waals surface area contributed by atoms with Crippen LogP contribution in [-0.4, -0.2) is 30.4 Å². The van der Waals surface area contributed by atoms with Crippen molar-refractivity contribution in [2.45, 2.75) is 11.4 Å². The number of nitrogens with one attached hydrogen (secondary N) is 2. The van der Waals surface area contributed by atoms with Crippen LogP contribution in [0.4, 0.5) is 0 Å². The summed E-state index contributed by atoms with van der Waals surface area (Å²) in [5.74, 6) is -0.0936. The normalized spacial score (nSPS) is 11.0. The summed E-state index contributed by atoms with van der Waals surface area (Å²) in [6, 6.07) is 21.9. The molecule has 0 aromatic heterocycles. The summed E-state index contributed by atoms with van der Waals surface area (Å²) < 4.78 is 5.23. The molecule has 0 aliphatic rings. The fraction of sp³-hybridized carbons (Fsp3) is 0.120. The third-order valence-electron chi connectivity index (χ3n) is 4.84. The summed E-state index contributed by atoms with van der Waals surface area (Å²) in [5, 5.41) is 11.7. The average molecular weight is 449 g/mol. The number of carbonyl (C=O) groups excluding carboxylic acids is 2. The van der Waals surface area contributed by atoms with E-state index in [1.54, 1.807) is 48.6 Å². The lowest BCUT2D eigenvalue weighted by molar-refractivity contribution is -0.115. The van der Waals surface area contributed by atoms with E-state index in [1.807, 2.05) is 60.9 Å². The van der Waals surface area contributed by atoms with Gasteiger partial charge >= 0.3 is 0 Å². The van der Waals surface area contributed by atoms with Gasteiger partial charge in [-0.3, -0.25) is 14.8 Å². The summed E-state index contributed by atoms with van der Waals surface area (Å²) in [4.78, 5) is 25.7. The predicted octanol–water partition coefficient (Wildman–Crippen LogP) is 4.39. The molecule has 0 bridgehead atoms. The third kappa shape index (κ3) is 6.00. The molecule has 164 valence electrons. The Labute approximate surface area is 191 Å². The number of thioether (sulfide) groups is 1. The van der Waals surface area contributed by atoms with Crippen molar-refractivity contribution in [2.75, 3.05) is 13.4 Å². The molecule has 0 saturated carbocycles. The SMILES string of the molecule is COc1ccc(C(=Cc2ccc(SC)cc2)C(=O)NCc2ccc(C(=O)NO)cc2)cc1. The van der Waals surface area contributed by atoms with Crippen LogP contribution in [0.1, 0.15) is 27.0 Å². The number of hydrogen-bond acceptors (Lipinski definition) is 5. The maximum absolute atomic E-state index is 13.1. The molecule has 3 aromatic rings. The standard InChI is InChI=1S/C25H24N2O4S/c1-31-21-11-9-19(10-12-21)23(15-17-5-13-22(32-2)14-6-17)25(29)26-16-18-3-7-20(8-4-18)24(28)27-30/h3-15,30H,16H2,1-2H3,(H,26,29)(H,27,28). The summed E-state index contributed by atoms with van der Waals surface area (Å²) in [6.07, 6.45) is 3.87. The Morgan fingerprint density at radius 2 is 1.56 bits per heavy atom. The van der Waals surface area contributed by atoms with Crippen LogP contribution in [0.3, 0.4) is 0 Å². The van der Waals surface area contributed by atoms with E-state index in [2.05, 4.69) is 5.32 Å². The molecule has 3 aromatic carbocycles. The van der Waals surface area contributed by atoms with Crippen LogP contribution in [0, 0.1) is 0 Å². The summed E-state index contributed by atoms with van der Waals surface area (Å²) in [7, 11) is 1.60. The number of hydroxylamine groups is 1. The van der Waals surface area contributed by atoms with Crippen molar-refractivity contribution >= 4 is 35.2 Å². The van der Waals surface area contributed by atoms with Gasteiger partial charge in [0, 0.05) is 22.6 Å². The van der Waals surface area contributed by atoms with E-state index in [0.29, 0.717) is 23.4 Å². The predicted molar refractivity (Wildman–Crippen MR) is 127 cm³/mol. The lowest BCUT2D eigenvalue weighted by Crippen LogP contribution is -2.24. The minimum Gasteiger partial charge on any atom is -0.497 e. The molecule has 0 fully saturated rings. The Kier molecular flexibility index (Phi) is 8.08. The van der Waals surface area contributed by atoms with Crippen molar-refractivity contribution < 1.29 is 19.5 Å². The molecular weight excluding hydrogens is 424 g/mol. The highest BCUT2D eigenvalue weighted by Crippen LogP contribution is 2.23. The molecule has 32 heavy (non-hydrogen) atoms. The highest BCUT2D eigenvalue weighted by atomic mass is 32.2. The largest absolute Gasteiger partial charge is 0.497 e. The molecule has 2 amide bonds. The molecule has 0 unspecified atom stereocenters. The van der Waals surface area contributed by atoms with E-state index in [1.165, 1.54) is 0 Å². The monoisotopic (exact) mass is 448 g/mol. The van der Waals surface area contributed by atoms with Gasteiger partial charge in [-0.15, -0.1) is 11.8 Å². The maximum Gasteiger partial charge on any atom is 0.274 e. The number of methoxy groups -OCH3 is 1. The molecule has 0 heterocycles. The van der Waals surface area contributed by atoms with Gasteiger partial charge in [-0.1, -0.05) is 36.4 Å². The van der Waals surface area contributed by atoms with Crippen LogP contribution in [0.5, 0.6) is 5.75 Å². The van der Waals surface area contributed by atoms with Crippen LogP contribution >= 0.6 is 11.8 Å². The first-order chi connectivity index (χ1) is 15.5. The van der Waals surface area contributed by atoms with E-state index >= 15 is 0 Å². The van der Waals surface area contributed by atoms with E-state index in [0.717, 1.165) is 21.6 Å². The Bertz CT molecular complexity index is 1090. The lowest BCUT2D eigenvalue weighted by Gasteiger charge is -2.11. The second-order valence-corrected chi connectivity index (χ2v) is 7.76. The smallest absolute Gasteiger partial charge is 0.274 e. The highest BCUT2D eigenvalue weighted by molar-refractivity contribution is 7.98. The number of amides is 2. The van der Waals surface area contributed by atoms with Gasteiger partial charge in [-0.05, 0) is 65.4 Å². The molecule has 3 rings (SSSR count). The third-order valence-corrected chi connectivity index (χ3v) is 5.59. The molecule has 3 N–H and O–H groups in total. The van der Waals surface area contributed by atoms with Crippen molar-refractivity contribution in [2.24, 2.45) is 0 Å². The van der Waals surface area contributed by atoms with E-state index < -0.39 is 5.91 Å². The van der Waals surface area contributed by atoms with Crippen molar-refractivity contribution in [3.05, 3.63) is 95.1 Å². The average Bonchev–Trinajstić information content (AvgIpc) is 2.86.